The number of hydrogen-bond acceptors (Lipinski definition) is 5. The predicted molar refractivity (Wildman–Crippen MR) is 97.7 cm³/mol. The fourth-order valence-electron chi connectivity index (χ4n) is 2.11. The van der Waals surface area contributed by atoms with Crippen LogP contribution in [-0.4, -0.2) is 29.8 Å². The van der Waals surface area contributed by atoms with Gasteiger partial charge in [-0.3, -0.25) is 0 Å². The summed E-state index contributed by atoms with van der Waals surface area (Å²) in [5.74, 6) is -0.0847. The van der Waals surface area contributed by atoms with Crippen molar-refractivity contribution in [1.82, 2.24) is 4.98 Å². The van der Waals surface area contributed by atoms with Gasteiger partial charge in [0.25, 0.3) is 0 Å². The number of benzene rings is 1. The minimum atomic E-state index is -0.547. The third-order valence-electron chi connectivity index (χ3n) is 3.73. The van der Waals surface area contributed by atoms with E-state index in [4.69, 9.17) is 4.42 Å². The van der Waals surface area contributed by atoms with Crippen molar-refractivity contribution in [2.45, 2.75) is 13.8 Å². The number of oxazole rings is 1. The number of allylic oxidation sites excluding steroid dienone is 6. The van der Waals surface area contributed by atoms with E-state index in [2.05, 4.69) is 16.3 Å². The first-order valence-corrected chi connectivity index (χ1v) is 7.76. The van der Waals surface area contributed by atoms with Crippen LogP contribution < -0.4 is 0 Å². The number of ether oxygens (including phenoxy) is 1. The predicted octanol–water partition coefficient (Wildman–Crippen LogP) is 3.83. The smallest absolute Gasteiger partial charge is 0.336 e. The third kappa shape index (κ3) is 4.55. The van der Waals surface area contributed by atoms with E-state index >= 15 is 0 Å². The van der Waals surface area contributed by atoms with Crippen molar-refractivity contribution >= 4 is 22.6 Å². The summed E-state index contributed by atoms with van der Waals surface area (Å²) in [6.45, 7) is 7.34. The second-order valence-corrected chi connectivity index (χ2v) is 5.53. The van der Waals surface area contributed by atoms with Crippen molar-refractivity contribution in [3.63, 3.8) is 0 Å². The highest BCUT2D eigenvalue weighted by molar-refractivity contribution is 5.89. The summed E-state index contributed by atoms with van der Waals surface area (Å²) in [6.07, 6.45) is 5.26. The van der Waals surface area contributed by atoms with Gasteiger partial charge in [0.1, 0.15) is 5.52 Å². The van der Waals surface area contributed by atoms with Crippen LogP contribution in [-0.2, 0) is 9.53 Å². The molecule has 0 saturated carbocycles. The Hall–Kier alpha value is -2.92. The van der Waals surface area contributed by atoms with E-state index in [1.165, 1.54) is 7.11 Å². The number of fused-ring (bicyclic) bond motifs is 1. The van der Waals surface area contributed by atoms with Gasteiger partial charge in [0.2, 0.25) is 5.89 Å². The maximum absolute atomic E-state index is 11.5. The van der Waals surface area contributed by atoms with Crippen LogP contribution in [0.4, 0.5) is 0 Å². The van der Waals surface area contributed by atoms with Gasteiger partial charge < -0.3 is 14.3 Å². The zero-order valence-corrected chi connectivity index (χ0v) is 14.6. The lowest BCUT2D eigenvalue weighted by molar-refractivity contribution is -0.136. The van der Waals surface area contributed by atoms with Crippen LogP contribution in [0.1, 0.15) is 19.7 Å². The number of methoxy groups -OCH3 is 1. The van der Waals surface area contributed by atoms with E-state index in [0.717, 1.165) is 16.7 Å². The molecule has 2 rings (SSSR count). The summed E-state index contributed by atoms with van der Waals surface area (Å²) < 4.78 is 10.3. The Morgan fingerprint density at radius 1 is 1.28 bits per heavy atom. The molecular weight excluding hydrogens is 318 g/mol. The molecule has 1 aromatic heterocycles. The van der Waals surface area contributed by atoms with Crippen molar-refractivity contribution in [3.05, 3.63) is 71.7 Å². The first-order chi connectivity index (χ1) is 12.0. The molecule has 1 aromatic carbocycles. The van der Waals surface area contributed by atoms with E-state index in [-0.39, 0.29) is 12.2 Å². The van der Waals surface area contributed by atoms with Crippen molar-refractivity contribution in [1.29, 1.82) is 0 Å². The topological polar surface area (TPSA) is 72.6 Å². The highest BCUT2D eigenvalue weighted by atomic mass is 16.5. The molecule has 1 heterocycles. The lowest BCUT2D eigenvalue weighted by Crippen LogP contribution is -2.08. The molecular formula is C20H21NO4. The van der Waals surface area contributed by atoms with E-state index in [1.54, 1.807) is 12.2 Å². The number of hydrogen-bond donors (Lipinski definition) is 1. The SMILES string of the molecule is C=C(\C=C/C(C)=C(C)/C=C(\CO)C(=O)OC)c1nc2ccccc2o1. The normalized spacial score (nSPS) is 13.2. The lowest BCUT2D eigenvalue weighted by atomic mass is 10.1. The molecule has 0 saturated heterocycles. The standard InChI is InChI=1S/C20H21NO4/c1-13(15(3)11-16(12-22)20(23)24-4)9-10-14(2)19-21-17-7-5-6-8-18(17)25-19/h5-11,22H,2,12H2,1,3-4H3/b10-9-,15-13+,16-11+. The molecule has 0 atom stereocenters. The molecule has 5 heteroatoms. The monoisotopic (exact) mass is 339 g/mol. The number of aliphatic hydroxyl groups is 1. The fourth-order valence-corrected chi connectivity index (χ4v) is 2.11. The Bertz CT molecular complexity index is 851. The summed E-state index contributed by atoms with van der Waals surface area (Å²) in [5, 5.41) is 9.25. The third-order valence-corrected chi connectivity index (χ3v) is 3.73. The Balaban J connectivity index is 2.19. The second-order valence-electron chi connectivity index (χ2n) is 5.53. The minimum absolute atomic E-state index is 0.200. The Labute approximate surface area is 146 Å². The van der Waals surface area contributed by atoms with Crippen LogP contribution in [0, 0.1) is 0 Å². The lowest BCUT2D eigenvalue weighted by Gasteiger charge is -2.03. The van der Waals surface area contributed by atoms with Gasteiger partial charge in [-0.25, -0.2) is 9.78 Å². The van der Waals surface area contributed by atoms with Gasteiger partial charge in [-0.1, -0.05) is 24.8 Å². The Morgan fingerprint density at radius 2 is 2.00 bits per heavy atom. The molecule has 25 heavy (non-hydrogen) atoms. The van der Waals surface area contributed by atoms with Gasteiger partial charge in [0.05, 0.1) is 19.3 Å². The fraction of sp³-hybridized carbons (Fsp3) is 0.200. The van der Waals surface area contributed by atoms with Crippen molar-refractivity contribution in [2.24, 2.45) is 0 Å². The highest BCUT2D eigenvalue weighted by Gasteiger charge is 2.09. The van der Waals surface area contributed by atoms with Gasteiger partial charge >= 0.3 is 5.97 Å². The number of nitrogens with zero attached hydrogens (tertiary/aromatic N) is 1. The van der Waals surface area contributed by atoms with Crippen LogP contribution in [0.3, 0.4) is 0 Å². The van der Waals surface area contributed by atoms with Gasteiger partial charge in [0.15, 0.2) is 5.58 Å². The summed E-state index contributed by atoms with van der Waals surface area (Å²) >= 11 is 0. The van der Waals surface area contributed by atoms with Gasteiger partial charge in [0, 0.05) is 5.57 Å². The minimum Gasteiger partial charge on any atom is -0.466 e. The number of para-hydroxylation sites is 2. The van der Waals surface area contributed by atoms with Crippen LogP contribution in [0.5, 0.6) is 0 Å². The Kier molecular flexibility index (Phi) is 6.08. The van der Waals surface area contributed by atoms with Crippen molar-refractivity contribution < 1.29 is 19.1 Å². The number of carbonyl (C=O) groups excluding carboxylic acids is 1. The molecule has 0 radical (unpaired) electrons. The maximum atomic E-state index is 11.5. The zero-order valence-electron chi connectivity index (χ0n) is 14.6. The van der Waals surface area contributed by atoms with Crippen LogP contribution >= 0.6 is 0 Å². The van der Waals surface area contributed by atoms with Crippen LogP contribution in [0.15, 0.2) is 70.2 Å². The van der Waals surface area contributed by atoms with Crippen molar-refractivity contribution in [2.75, 3.05) is 13.7 Å². The summed E-state index contributed by atoms with van der Waals surface area (Å²) in [6, 6.07) is 7.52. The summed E-state index contributed by atoms with van der Waals surface area (Å²) in [5.41, 5.74) is 4.07. The molecule has 0 amide bonds. The molecule has 0 aliphatic heterocycles. The van der Waals surface area contributed by atoms with Crippen LogP contribution in [0.2, 0.25) is 0 Å². The molecule has 2 aromatic rings. The van der Waals surface area contributed by atoms with Crippen LogP contribution in [0.25, 0.3) is 16.7 Å². The average molecular weight is 339 g/mol. The molecule has 1 N–H and O–H groups in total. The Morgan fingerprint density at radius 3 is 2.64 bits per heavy atom. The van der Waals surface area contributed by atoms with E-state index in [1.807, 2.05) is 44.2 Å². The molecule has 0 bridgehead atoms. The number of rotatable bonds is 6. The molecule has 0 spiro atoms. The average Bonchev–Trinajstić information content (AvgIpc) is 3.07. The molecule has 130 valence electrons. The largest absolute Gasteiger partial charge is 0.466 e. The molecule has 0 aliphatic rings. The zero-order chi connectivity index (χ0) is 18.4. The van der Waals surface area contributed by atoms with E-state index in [9.17, 15) is 9.90 Å². The molecule has 0 aliphatic carbocycles. The quantitative estimate of drug-likeness (QED) is 0.492. The highest BCUT2D eigenvalue weighted by Crippen LogP contribution is 2.21. The van der Waals surface area contributed by atoms with Crippen molar-refractivity contribution in [3.8, 4) is 0 Å². The van der Waals surface area contributed by atoms with Gasteiger partial charge in [-0.15, -0.1) is 0 Å². The maximum Gasteiger partial charge on any atom is 0.336 e. The molecule has 0 fully saturated rings. The van der Waals surface area contributed by atoms with E-state index in [0.29, 0.717) is 17.0 Å². The first-order valence-electron chi connectivity index (χ1n) is 7.76. The second kappa shape index (κ2) is 8.26. The van der Waals surface area contributed by atoms with Gasteiger partial charge in [-0.2, -0.15) is 0 Å². The number of aliphatic hydroxyl groups excluding tert-OH is 1. The number of esters is 1. The van der Waals surface area contributed by atoms with Gasteiger partial charge in [-0.05, 0) is 49.3 Å². The first kappa shape index (κ1) is 18.4. The number of carbonyl (C=O) groups is 1. The molecule has 0 unspecified atom stereocenters. The number of aromatic nitrogens is 1. The van der Waals surface area contributed by atoms with E-state index < -0.39 is 5.97 Å². The summed E-state index contributed by atoms with van der Waals surface area (Å²) in [4.78, 5) is 15.9. The molecule has 5 nitrogen and oxygen atoms in total. The summed E-state index contributed by atoms with van der Waals surface area (Å²) in [7, 11) is 1.28.